The summed E-state index contributed by atoms with van der Waals surface area (Å²) < 4.78 is 30.6. The van der Waals surface area contributed by atoms with Crippen molar-refractivity contribution in [2.75, 3.05) is 0 Å². The number of rotatable bonds is 1. The third-order valence-electron chi connectivity index (χ3n) is 1.92. The summed E-state index contributed by atoms with van der Waals surface area (Å²) in [6, 6.07) is 3.23. The van der Waals surface area contributed by atoms with E-state index in [1.165, 1.54) is 6.07 Å². The van der Waals surface area contributed by atoms with Crippen LogP contribution in [0.25, 0.3) is 11.0 Å². The topological polar surface area (TPSA) is 71.8 Å². The molecule has 7 heteroatoms. The van der Waals surface area contributed by atoms with Crippen LogP contribution < -0.4 is 5.73 Å². The molecule has 0 aliphatic heterocycles. The number of benzene rings is 1. The summed E-state index contributed by atoms with van der Waals surface area (Å²) in [7, 11) is 0. The van der Waals surface area contributed by atoms with E-state index in [9.17, 15) is 8.78 Å². The second kappa shape index (κ2) is 4.36. The molecule has 0 fully saturated rings. The van der Waals surface area contributed by atoms with Gasteiger partial charge in [-0.1, -0.05) is 5.16 Å². The first kappa shape index (κ1) is 12.3. The summed E-state index contributed by atoms with van der Waals surface area (Å²) in [5.74, 6) is -2.19. The molecule has 1 aromatic carbocycles. The summed E-state index contributed by atoms with van der Waals surface area (Å²) in [5, 5.41) is 11.4. The molecule has 1 heterocycles. The minimum Gasteiger partial charge on any atom is -0.453 e. The first-order chi connectivity index (χ1) is 7.11. The van der Waals surface area contributed by atoms with E-state index in [1.807, 2.05) is 0 Å². The number of hydrogen-bond acceptors (Lipinski definition) is 3. The molecular weight excluding hydrogens is 242 g/mol. The standard InChI is InChI=1S/C9H6F2N2O2.ClH/c10-5-1-4-2-8(9(12)13-14)15-7(4)3-6(5)11;/h1-3,14H,(H2,12,13);1H. The molecule has 4 nitrogen and oxygen atoms in total. The van der Waals surface area contributed by atoms with Gasteiger partial charge in [-0.05, 0) is 12.1 Å². The molecule has 0 amide bonds. The third kappa shape index (κ3) is 1.92. The van der Waals surface area contributed by atoms with Crippen LogP contribution in [-0.4, -0.2) is 11.0 Å². The summed E-state index contributed by atoms with van der Waals surface area (Å²) in [4.78, 5) is 0. The van der Waals surface area contributed by atoms with Crippen molar-refractivity contribution in [2.45, 2.75) is 0 Å². The molecule has 2 aromatic rings. The summed E-state index contributed by atoms with van der Waals surface area (Å²) in [6.45, 7) is 0. The lowest BCUT2D eigenvalue weighted by atomic mass is 10.2. The van der Waals surface area contributed by atoms with Crippen LogP contribution in [0.2, 0.25) is 0 Å². The van der Waals surface area contributed by atoms with E-state index in [0.717, 1.165) is 12.1 Å². The highest BCUT2D eigenvalue weighted by molar-refractivity contribution is 5.98. The Morgan fingerprint density at radius 2 is 1.88 bits per heavy atom. The number of nitrogens with zero attached hydrogens (tertiary/aromatic N) is 1. The van der Waals surface area contributed by atoms with Gasteiger partial charge >= 0.3 is 0 Å². The summed E-state index contributed by atoms with van der Waals surface area (Å²) in [6.07, 6.45) is 0. The first-order valence-corrected chi connectivity index (χ1v) is 3.98. The molecule has 0 saturated heterocycles. The Morgan fingerprint density at radius 1 is 1.25 bits per heavy atom. The van der Waals surface area contributed by atoms with Crippen LogP contribution in [0.4, 0.5) is 8.78 Å². The highest BCUT2D eigenvalue weighted by Gasteiger charge is 2.11. The number of nitrogens with two attached hydrogens (primary N) is 1. The minimum absolute atomic E-state index is 0. The van der Waals surface area contributed by atoms with Gasteiger partial charge in [-0.3, -0.25) is 0 Å². The number of oxime groups is 1. The summed E-state index contributed by atoms with van der Waals surface area (Å²) >= 11 is 0. The molecule has 86 valence electrons. The maximum atomic E-state index is 12.8. The smallest absolute Gasteiger partial charge is 0.205 e. The van der Waals surface area contributed by atoms with Crippen molar-refractivity contribution < 1.29 is 18.4 Å². The molecule has 0 aliphatic rings. The van der Waals surface area contributed by atoms with E-state index in [-0.39, 0.29) is 29.6 Å². The van der Waals surface area contributed by atoms with Crippen molar-refractivity contribution in [3.63, 3.8) is 0 Å². The van der Waals surface area contributed by atoms with Gasteiger partial charge in [0.25, 0.3) is 0 Å². The molecule has 0 saturated carbocycles. The average Bonchev–Trinajstić information content (AvgIpc) is 2.60. The fourth-order valence-corrected chi connectivity index (χ4v) is 1.21. The molecular formula is C9H7ClF2N2O2. The van der Waals surface area contributed by atoms with Crippen molar-refractivity contribution in [1.29, 1.82) is 0 Å². The Morgan fingerprint density at radius 3 is 2.50 bits per heavy atom. The predicted octanol–water partition coefficient (Wildman–Crippen LogP) is 2.23. The minimum atomic E-state index is -1.01. The number of furan rings is 1. The quantitative estimate of drug-likeness (QED) is 0.352. The van der Waals surface area contributed by atoms with Crippen LogP contribution in [0.5, 0.6) is 0 Å². The first-order valence-electron chi connectivity index (χ1n) is 3.98. The van der Waals surface area contributed by atoms with E-state index < -0.39 is 11.6 Å². The average molecular weight is 249 g/mol. The Bertz CT molecular complexity index is 515. The normalized spacial score (nSPS) is 11.5. The van der Waals surface area contributed by atoms with Crippen molar-refractivity contribution in [2.24, 2.45) is 10.9 Å². The van der Waals surface area contributed by atoms with Gasteiger partial charge in [-0.25, -0.2) is 8.78 Å². The largest absolute Gasteiger partial charge is 0.453 e. The molecule has 0 unspecified atom stereocenters. The molecule has 1 aromatic heterocycles. The lowest BCUT2D eigenvalue weighted by Crippen LogP contribution is -2.11. The Kier molecular flexibility index (Phi) is 3.34. The predicted molar refractivity (Wildman–Crippen MR) is 55.9 cm³/mol. The van der Waals surface area contributed by atoms with E-state index in [2.05, 4.69) is 5.16 Å². The van der Waals surface area contributed by atoms with Crippen LogP contribution in [0.1, 0.15) is 5.76 Å². The SMILES string of the molecule is Cl.NC(=NO)c1cc2cc(F)c(F)cc2o1. The number of fused-ring (bicyclic) bond motifs is 1. The van der Waals surface area contributed by atoms with Crippen LogP contribution in [0, 0.1) is 11.6 Å². The van der Waals surface area contributed by atoms with Crippen LogP contribution in [0.15, 0.2) is 27.8 Å². The zero-order valence-electron chi connectivity index (χ0n) is 7.78. The molecule has 3 N–H and O–H groups in total. The van der Waals surface area contributed by atoms with Crippen molar-refractivity contribution in [1.82, 2.24) is 0 Å². The van der Waals surface area contributed by atoms with Gasteiger partial charge in [-0.15, -0.1) is 12.4 Å². The van der Waals surface area contributed by atoms with Gasteiger partial charge < -0.3 is 15.4 Å². The van der Waals surface area contributed by atoms with Gasteiger partial charge in [0, 0.05) is 11.5 Å². The molecule has 0 spiro atoms. The monoisotopic (exact) mass is 248 g/mol. The maximum Gasteiger partial charge on any atom is 0.205 e. The molecule has 16 heavy (non-hydrogen) atoms. The van der Waals surface area contributed by atoms with Crippen molar-refractivity contribution in [3.05, 3.63) is 35.6 Å². The maximum absolute atomic E-state index is 12.8. The molecule has 0 radical (unpaired) electrons. The van der Waals surface area contributed by atoms with E-state index in [0.29, 0.717) is 5.39 Å². The number of hydrogen-bond donors (Lipinski definition) is 2. The van der Waals surface area contributed by atoms with E-state index >= 15 is 0 Å². The van der Waals surface area contributed by atoms with E-state index in [1.54, 1.807) is 0 Å². The van der Waals surface area contributed by atoms with Crippen LogP contribution >= 0.6 is 12.4 Å². The highest BCUT2D eigenvalue weighted by Crippen LogP contribution is 2.22. The van der Waals surface area contributed by atoms with Crippen molar-refractivity contribution in [3.8, 4) is 0 Å². The third-order valence-corrected chi connectivity index (χ3v) is 1.92. The van der Waals surface area contributed by atoms with Crippen LogP contribution in [0.3, 0.4) is 0 Å². The van der Waals surface area contributed by atoms with Gasteiger partial charge in [0.2, 0.25) is 5.84 Å². The summed E-state index contributed by atoms with van der Waals surface area (Å²) in [5.41, 5.74) is 5.39. The zero-order valence-corrected chi connectivity index (χ0v) is 8.59. The molecule has 2 rings (SSSR count). The fraction of sp³-hybridized carbons (Fsp3) is 0. The second-order valence-electron chi connectivity index (χ2n) is 2.90. The number of amidine groups is 1. The van der Waals surface area contributed by atoms with Gasteiger partial charge in [0.05, 0.1) is 0 Å². The van der Waals surface area contributed by atoms with Crippen molar-refractivity contribution >= 4 is 29.2 Å². The highest BCUT2D eigenvalue weighted by atomic mass is 35.5. The van der Waals surface area contributed by atoms with Gasteiger partial charge in [0.1, 0.15) is 5.58 Å². The zero-order chi connectivity index (χ0) is 11.0. The Hall–Kier alpha value is -1.82. The lowest BCUT2D eigenvalue weighted by molar-refractivity contribution is 0.317. The van der Waals surface area contributed by atoms with E-state index in [4.69, 9.17) is 15.4 Å². The Balaban J connectivity index is 0.00000128. The second-order valence-corrected chi connectivity index (χ2v) is 2.90. The molecule has 0 atom stereocenters. The van der Waals surface area contributed by atoms with Gasteiger partial charge in [-0.2, -0.15) is 0 Å². The Labute approximate surface area is 94.7 Å². The molecule has 0 bridgehead atoms. The lowest BCUT2D eigenvalue weighted by Gasteiger charge is -1.91. The number of halogens is 3. The fourth-order valence-electron chi connectivity index (χ4n) is 1.21. The van der Waals surface area contributed by atoms with Gasteiger partial charge in [0.15, 0.2) is 17.4 Å². The molecule has 0 aliphatic carbocycles. The van der Waals surface area contributed by atoms with Crippen LogP contribution in [-0.2, 0) is 0 Å².